The molecule has 0 aliphatic carbocycles. The zero-order valence-corrected chi connectivity index (χ0v) is 14.1. The highest BCUT2D eigenvalue weighted by atomic mass is 19.4. The van der Waals surface area contributed by atoms with Crippen LogP contribution in [0.25, 0.3) is 16.9 Å². The number of ether oxygens (including phenoxy) is 1. The Morgan fingerprint density at radius 2 is 1.71 bits per heavy atom. The smallest absolute Gasteiger partial charge is 0.433 e. The summed E-state index contributed by atoms with van der Waals surface area (Å²) >= 11 is 0. The number of alkyl halides is 3. The summed E-state index contributed by atoms with van der Waals surface area (Å²) in [7, 11) is 0. The van der Waals surface area contributed by atoms with Gasteiger partial charge in [-0.05, 0) is 12.1 Å². The summed E-state index contributed by atoms with van der Waals surface area (Å²) in [5.41, 5.74) is 0.672. The lowest BCUT2D eigenvalue weighted by molar-refractivity contribution is -0.141. The predicted molar refractivity (Wildman–Crippen MR) is 89.7 cm³/mol. The van der Waals surface area contributed by atoms with Crippen LogP contribution in [0, 0.1) is 5.82 Å². The van der Waals surface area contributed by atoms with Gasteiger partial charge >= 0.3 is 6.18 Å². The molecule has 0 spiro atoms. The molecule has 0 unspecified atom stereocenters. The van der Waals surface area contributed by atoms with E-state index < -0.39 is 17.7 Å². The Morgan fingerprint density at radius 1 is 0.893 bits per heavy atom. The number of pyridine rings is 2. The van der Waals surface area contributed by atoms with Gasteiger partial charge in [-0.2, -0.15) is 13.2 Å². The molecule has 10 heteroatoms. The number of fused-ring (bicyclic) bond motifs is 1. The van der Waals surface area contributed by atoms with Crippen molar-refractivity contribution in [3.8, 4) is 17.0 Å². The van der Waals surface area contributed by atoms with Crippen molar-refractivity contribution in [2.24, 2.45) is 0 Å². The highest BCUT2D eigenvalue weighted by Crippen LogP contribution is 2.28. The van der Waals surface area contributed by atoms with Crippen LogP contribution in [0.1, 0.15) is 11.4 Å². The first-order valence-corrected chi connectivity index (χ1v) is 8.00. The molecular weight excluding hydrogens is 378 g/mol. The maximum absolute atomic E-state index is 12.8. The molecule has 0 atom stereocenters. The van der Waals surface area contributed by atoms with E-state index in [4.69, 9.17) is 4.74 Å². The molecule has 0 aliphatic heterocycles. The molecule has 4 rings (SSSR count). The highest BCUT2D eigenvalue weighted by molar-refractivity contribution is 5.61. The van der Waals surface area contributed by atoms with Gasteiger partial charge in [-0.15, -0.1) is 0 Å². The number of nitrogens with zero attached hydrogens (tertiary/aromatic N) is 5. The van der Waals surface area contributed by atoms with E-state index in [1.54, 1.807) is 16.8 Å². The van der Waals surface area contributed by atoms with E-state index in [1.165, 1.54) is 24.4 Å². The Hall–Kier alpha value is -3.56. The molecule has 0 N–H and O–H groups in total. The number of halogens is 4. The van der Waals surface area contributed by atoms with Crippen molar-refractivity contribution in [3.63, 3.8) is 0 Å². The van der Waals surface area contributed by atoms with E-state index in [0.717, 1.165) is 18.5 Å². The SMILES string of the molecule is Fc1ccc(OCc2cn3cc(-c4ccc(C(F)(F)F)nc4)cnc3n2)nc1. The van der Waals surface area contributed by atoms with Crippen LogP contribution in [-0.2, 0) is 12.8 Å². The number of rotatable bonds is 4. The second kappa shape index (κ2) is 6.87. The molecular formula is C18H11F4N5O. The molecule has 0 radical (unpaired) electrons. The standard InChI is InChI=1S/C18H11F4N5O/c19-13-2-4-16(24-7-13)28-10-14-9-27-8-12(6-25-17(27)26-14)11-1-3-15(23-5-11)18(20,21)22/h1-9H,10H2. The molecule has 0 fully saturated rings. The monoisotopic (exact) mass is 389 g/mol. The summed E-state index contributed by atoms with van der Waals surface area (Å²) in [6, 6.07) is 4.89. The number of aromatic nitrogens is 5. The number of imidazole rings is 1. The number of hydrogen-bond donors (Lipinski definition) is 0. The second-order valence-electron chi connectivity index (χ2n) is 5.82. The topological polar surface area (TPSA) is 65.2 Å². The first kappa shape index (κ1) is 17.8. The van der Waals surface area contributed by atoms with Crippen LogP contribution in [0.2, 0.25) is 0 Å². The third-order valence-corrected chi connectivity index (χ3v) is 3.82. The fraction of sp³-hybridized carbons (Fsp3) is 0.111. The van der Waals surface area contributed by atoms with Crippen LogP contribution >= 0.6 is 0 Å². The molecule has 0 saturated heterocycles. The molecule has 0 aliphatic rings. The fourth-order valence-electron chi connectivity index (χ4n) is 2.48. The van der Waals surface area contributed by atoms with Crippen molar-refractivity contribution < 1.29 is 22.3 Å². The van der Waals surface area contributed by atoms with E-state index in [1.807, 2.05) is 0 Å². The van der Waals surface area contributed by atoms with Gasteiger partial charge in [0, 0.05) is 42.0 Å². The first-order chi connectivity index (χ1) is 13.4. The maximum atomic E-state index is 12.8. The molecule has 28 heavy (non-hydrogen) atoms. The van der Waals surface area contributed by atoms with E-state index in [9.17, 15) is 17.6 Å². The zero-order chi connectivity index (χ0) is 19.7. The van der Waals surface area contributed by atoms with Crippen LogP contribution in [0.5, 0.6) is 5.88 Å². The van der Waals surface area contributed by atoms with Crippen LogP contribution in [0.3, 0.4) is 0 Å². The quantitative estimate of drug-likeness (QED) is 0.495. The van der Waals surface area contributed by atoms with E-state index in [0.29, 0.717) is 22.6 Å². The third kappa shape index (κ3) is 3.75. The minimum atomic E-state index is -4.49. The highest BCUT2D eigenvalue weighted by Gasteiger charge is 2.32. The lowest BCUT2D eigenvalue weighted by atomic mass is 10.1. The van der Waals surface area contributed by atoms with E-state index in [-0.39, 0.29) is 12.5 Å². The number of hydrogen-bond acceptors (Lipinski definition) is 5. The molecule has 6 nitrogen and oxygen atoms in total. The largest absolute Gasteiger partial charge is 0.471 e. The van der Waals surface area contributed by atoms with Crippen LogP contribution in [0.4, 0.5) is 17.6 Å². The molecule has 4 heterocycles. The predicted octanol–water partition coefficient (Wildman–Crippen LogP) is 3.92. The van der Waals surface area contributed by atoms with Crippen molar-refractivity contribution in [3.05, 3.63) is 72.5 Å². The summed E-state index contributed by atoms with van der Waals surface area (Å²) in [6.45, 7) is 0.0964. The molecule has 0 amide bonds. The Kier molecular flexibility index (Phi) is 4.38. The Morgan fingerprint density at radius 3 is 2.39 bits per heavy atom. The van der Waals surface area contributed by atoms with Crippen LogP contribution in [-0.4, -0.2) is 24.3 Å². The van der Waals surface area contributed by atoms with Gasteiger partial charge < -0.3 is 4.74 Å². The van der Waals surface area contributed by atoms with Gasteiger partial charge in [-0.3, -0.25) is 9.38 Å². The molecule has 0 aromatic carbocycles. The van der Waals surface area contributed by atoms with Gasteiger partial charge in [0.2, 0.25) is 11.7 Å². The van der Waals surface area contributed by atoms with Crippen molar-refractivity contribution in [2.75, 3.05) is 0 Å². The zero-order valence-electron chi connectivity index (χ0n) is 14.1. The minimum absolute atomic E-state index is 0.0964. The maximum Gasteiger partial charge on any atom is 0.433 e. The van der Waals surface area contributed by atoms with Gasteiger partial charge in [0.25, 0.3) is 0 Å². The molecule has 4 aromatic heterocycles. The fourth-order valence-corrected chi connectivity index (χ4v) is 2.48. The summed E-state index contributed by atoms with van der Waals surface area (Å²) in [6.07, 6.45) is 2.56. The molecule has 4 aromatic rings. The Bertz CT molecular complexity index is 1110. The first-order valence-electron chi connectivity index (χ1n) is 8.00. The van der Waals surface area contributed by atoms with Gasteiger partial charge in [0.15, 0.2) is 0 Å². The Labute approximate surface area is 155 Å². The van der Waals surface area contributed by atoms with Crippen molar-refractivity contribution in [1.82, 2.24) is 24.3 Å². The molecule has 0 saturated carbocycles. The Balaban J connectivity index is 1.53. The van der Waals surface area contributed by atoms with E-state index in [2.05, 4.69) is 19.9 Å². The van der Waals surface area contributed by atoms with Gasteiger partial charge in [-0.1, -0.05) is 6.07 Å². The van der Waals surface area contributed by atoms with Crippen LogP contribution < -0.4 is 4.74 Å². The van der Waals surface area contributed by atoms with Crippen molar-refractivity contribution in [2.45, 2.75) is 12.8 Å². The van der Waals surface area contributed by atoms with Crippen molar-refractivity contribution in [1.29, 1.82) is 0 Å². The van der Waals surface area contributed by atoms with Gasteiger partial charge in [-0.25, -0.2) is 19.3 Å². The third-order valence-electron chi connectivity index (χ3n) is 3.82. The summed E-state index contributed by atoms with van der Waals surface area (Å²) in [5, 5.41) is 0. The lowest BCUT2D eigenvalue weighted by Gasteiger charge is -2.06. The van der Waals surface area contributed by atoms with Gasteiger partial charge in [0.1, 0.15) is 18.1 Å². The second-order valence-corrected chi connectivity index (χ2v) is 5.82. The molecule has 142 valence electrons. The normalized spacial score (nSPS) is 11.7. The van der Waals surface area contributed by atoms with Gasteiger partial charge in [0.05, 0.1) is 11.9 Å². The summed E-state index contributed by atoms with van der Waals surface area (Å²) in [5.74, 6) is 0.187. The van der Waals surface area contributed by atoms with Crippen LogP contribution in [0.15, 0.2) is 55.2 Å². The minimum Gasteiger partial charge on any atom is -0.471 e. The summed E-state index contributed by atoms with van der Waals surface area (Å²) < 4.78 is 57.8. The molecule has 0 bridgehead atoms. The lowest BCUT2D eigenvalue weighted by Crippen LogP contribution is -2.07. The summed E-state index contributed by atoms with van der Waals surface area (Å²) in [4.78, 5) is 15.7. The van der Waals surface area contributed by atoms with E-state index >= 15 is 0 Å². The van der Waals surface area contributed by atoms with Crippen molar-refractivity contribution >= 4 is 5.78 Å². The average molecular weight is 389 g/mol. The average Bonchev–Trinajstić information content (AvgIpc) is 3.09.